The molecule has 0 spiro atoms. The second kappa shape index (κ2) is 4.56. The van der Waals surface area contributed by atoms with E-state index in [-0.39, 0.29) is 0 Å². The Bertz CT molecular complexity index is 979. The molecule has 110 valence electrons. The number of imidazole rings is 1. The van der Waals surface area contributed by atoms with Crippen molar-refractivity contribution in [3.63, 3.8) is 0 Å². The normalized spacial score (nSPS) is 11.4. The number of benzene rings is 1. The molecule has 0 aliphatic rings. The Balaban J connectivity index is 1.94. The van der Waals surface area contributed by atoms with E-state index >= 15 is 0 Å². The Morgan fingerprint density at radius 1 is 1.23 bits per heavy atom. The van der Waals surface area contributed by atoms with Crippen LogP contribution in [0.15, 0.2) is 36.8 Å². The number of aromatic amines is 1. The van der Waals surface area contributed by atoms with E-state index in [1.54, 1.807) is 6.20 Å². The van der Waals surface area contributed by atoms with Crippen LogP contribution in [0.5, 0.6) is 0 Å². The molecule has 0 aliphatic heterocycles. The van der Waals surface area contributed by atoms with Crippen LogP contribution in [0.25, 0.3) is 27.8 Å². The Hall–Kier alpha value is -2.89. The predicted molar refractivity (Wildman–Crippen MR) is 87.1 cm³/mol. The molecular formula is C16H16N6. The van der Waals surface area contributed by atoms with Crippen LogP contribution in [0.4, 0.5) is 5.82 Å². The van der Waals surface area contributed by atoms with E-state index in [0.717, 1.165) is 39.3 Å². The zero-order valence-corrected chi connectivity index (χ0v) is 12.7. The highest BCUT2D eigenvalue weighted by Crippen LogP contribution is 2.26. The molecule has 0 atom stereocenters. The van der Waals surface area contributed by atoms with Crippen LogP contribution in [0.3, 0.4) is 0 Å². The molecule has 3 heterocycles. The van der Waals surface area contributed by atoms with Gasteiger partial charge < -0.3 is 9.30 Å². The van der Waals surface area contributed by atoms with Gasteiger partial charge in [-0.2, -0.15) is 5.10 Å². The second-order valence-corrected chi connectivity index (χ2v) is 5.58. The van der Waals surface area contributed by atoms with Gasteiger partial charge in [0, 0.05) is 49.3 Å². The Labute approximate surface area is 127 Å². The van der Waals surface area contributed by atoms with Gasteiger partial charge in [0.1, 0.15) is 0 Å². The van der Waals surface area contributed by atoms with Gasteiger partial charge in [0.05, 0.1) is 11.2 Å². The molecule has 6 heteroatoms. The van der Waals surface area contributed by atoms with Crippen LogP contribution in [0.2, 0.25) is 0 Å². The summed E-state index contributed by atoms with van der Waals surface area (Å²) in [6.45, 7) is 2.02. The number of hydrogen-bond donors (Lipinski definition) is 1. The Kier molecular flexibility index (Phi) is 2.66. The van der Waals surface area contributed by atoms with Crippen LogP contribution in [0, 0.1) is 6.92 Å². The fourth-order valence-electron chi connectivity index (χ4n) is 2.66. The minimum atomic E-state index is 0.848. The third-order valence-corrected chi connectivity index (χ3v) is 3.82. The summed E-state index contributed by atoms with van der Waals surface area (Å²) >= 11 is 0. The van der Waals surface area contributed by atoms with Crippen molar-refractivity contribution in [3.8, 4) is 11.3 Å². The highest BCUT2D eigenvalue weighted by Gasteiger charge is 2.11. The van der Waals surface area contributed by atoms with E-state index in [9.17, 15) is 0 Å². The summed E-state index contributed by atoms with van der Waals surface area (Å²) in [5.74, 6) is 0.848. The van der Waals surface area contributed by atoms with Crippen molar-refractivity contribution in [1.82, 2.24) is 24.6 Å². The molecule has 0 saturated heterocycles. The van der Waals surface area contributed by atoms with E-state index in [0.29, 0.717) is 0 Å². The van der Waals surface area contributed by atoms with Gasteiger partial charge in [0.15, 0.2) is 11.5 Å². The number of hydrogen-bond acceptors (Lipinski definition) is 4. The molecule has 0 bridgehead atoms. The molecule has 4 rings (SSSR count). The fraction of sp³-hybridized carbons (Fsp3) is 0.188. The lowest BCUT2D eigenvalue weighted by atomic mass is 10.1. The van der Waals surface area contributed by atoms with E-state index in [1.807, 2.05) is 42.7 Å². The summed E-state index contributed by atoms with van der Waals surface area (Å²) < 4.78 is 2.00. The van der Waals surface area contributed by atoms with Gasteiger partial charge in [-0.05, 0) is 13.0 Å². The SMILES string of the molecule is Cc1[nH]nc2cc(-c3cn4ccnc4c(N(C)C)n3)ccc12. The van der Waals surface area contributed by atoms with E-state index in [1.165, 1.54) is 0 Å². The van der Waals surface area contributed by atoms with Crippen molar-refractivity contribution in [1.29, 1.82) is 0 Å². The van der Waals surface area contributed by atoms with Crippen molar-refractivity contribution in [3.05, 3.63) is 42.5 Å². The van der Waals surface area contributed by atoms with E-state index in [2.05, 4.69) is 33.4 Å². The number of anilines is 1. The molecule has 0 unspecified atom stereocenters. The van der Waals surface area contributed by atoms with Crippen LogP contribution in [0.1, 0.15) is 5.69 Å². The van der Waals surface area contributed by atoms with Crippen molar-refractivity contribution in [2.45, 2.75) is 6.92 Å². The van der Waals surface area contributed by atoms with Gasteiger partial charge >= 0.3 is 0 Å². The largest absolute Gasteiger partial charge is 0.360 e. The highest BCUT2D eigenvalue weighted by molar-refractivity contribution is 5.85. The number of nitrogens with one attached hydrogen (secondary N) is 1. The summed E-state index contributed by atoms with van der Waals surface area (Å²) in [4.78, 5) is 11.1. The van der Waals surface area contributed by atoms with Gasteiger partial charge in [-0.3, -0.25) is 5.10 Å². The van der Waals surface area contributed by atoms with E-state index < -0.39 is 0 Å². The summed E-state index contributed by atoms with van der Waals surface area (Å²) in [5, 5.41) is 8.49. The Morgan fingerprint density at radius 3 is 2.91 bits per heavy atom. The van der Waals surface area contributed by atoms with Gasteiger partial charge in [-0.15, -0.1) is 0 Å². The standard InChI is InChI=1S/C16H16N6/c1-10-12-5-4-11(8-13(12)20-19-10)14-9-22-7-6-17-15(22)16(18-14)21(2)3/h4-9H,1-3H3,(H,19,20). The molecule has 1 N–H and O–H groups in total. The van der Waals surface area contributed by atoms with Crippen LogP contribution < -0.4 is 4.90 Å². The quantitative estimate of drug-likeness (QED) is 0.617. The molecule has 4 aromatic rings. The lowest BCUT2D eigenvalue weighted by molar-refractivity contribution is 1.03. The molecule has 0 fully saturated rings. The van der Waals surface area contributed by atoms with Gasteiger partial charge in [-0.25, -0.2) is 9.97 Å². The topological polar surface area (TPSA) is 62.1 Å². The number of rotatable bonds is 2. The lowest BCUT2D eigenvalue weighted by Crippen LogP contribution is -2.13. The van der Waals surface area contributed by atoms with Crippen molar-refractivity contribution in [2.75, 3.05) is 19.0 Å². The number of fused-ring (bicyclic) bond motifs is 2. The van der Waals surface area contributed by atoms with Gasteiger partial charge in [0.2, 0.25) is 0 Å². The molecular weight excluding hydrogens is 276 g/mol. The minimum absolute atomic E-state index is 0.848. The zero-order chi connectivity index (χ0) is 15.3. The molecule has 0 aliphatic carbocycles. The second-order valence-electron chi connectivity index (χ2n) is 5.58. The maximum Gasteiger partial charge on any atom is 0.180 e. The first kappa shape index (κ1) is 12.8. The summed E-state index contributed by atoms with van der Waals surface area (Å²) in [6.07, 6.45) is 5.72. The first-order chi connectivity index (χ1) is 10.6. The molecule has 0 radical (unpaired) electrons. The third-order valence-electron chi connectivity index (χ3n) is 3.82. The molecule has 3 aromatic heterocycles. The number of H-pyrrole nitrogens is 1. The maximum atomic E-state index is 4.76. The lowest BCUT2D eigenvalue weighted by Gasteiger charge is -2.14. The number of aryl methyl sites for hydroxylation is 1. The molecule has 0 saturated carbocycles. The first-order valence-corrected chi connectivity index (χ1v) is 7.09. The van der Waals surface area contributed by atoms with Gasteiger partial charge in [-0.1, -0.05) is 12.1 Å². The van der Waals surface area contributed by atoms with Gasteiger partial charge in [0.25, 0.3) is 0 Å². The smallest absolute Gasteiger partial charge is 0.180 e. The molecule has 6 nitrogen and oxygen atoms in total. The predicted octanol–water partition coefficient (Wildman–Crippen LogP) is 2.65. The molecule has 1 aromatic carbocycles. The Morgan fingerprint density at radius 2 is 2.09 bits per heavy atom. The average Bonchev–Trinajstić information content (AvgIpc) is 3.12. The average molecular weight is 292 g/mol. The van der Waals surface area contributed by atoms with E-state index in [4.69, 9.17) is 4.98 Å². The van der Waals surface area contributed by atoms with Crippen LogP contribution in [-0.2, 0) is 0 Å². The third kappa shape index (κ3) is 1.84. The molecule has 22 heavy (non-hydrogen) atoms. The van der Waals surface area contributed by atoms with Crippen molar-refractivity contribution >= 4 is 22.4 Å². The van der Waals surface area contributed by atoms with Crippen molar-refractivity contribution in [2.24, 2.45) is 0 Å². The summed E-state index contributed by atoms with van der Waals surface area (Å²) in [5.41, 5.74) is 4.82. The minimum Gasteiger partial charge on any atom is -0.360 e. The van der Waals surface area contributed by atoms with Crippen molar-refractivity contribution < 1.29 is 0 Å². The van der Waals surface area contributed by atoms with Crippen LogP contribution in [-0.4, -0.2) is 38.7 Å². The fourth-order valence-corrected chi connectivity index (χ4v) is 2.66. The maximum absolute atomic E-state index is 4.76. The zero-order valence-electron chi connectivity index (χ0n) is 12.7. The van der Waals surface area contributed by atoms with Crippen LogP contribution >= 0.6 is 0 Å². The highest BCUT2D eigenvalue weighted by atomic mass is 15.2. The molecule has 0 amide bonds. The summed E-state index contributed by atoms with van der Waals surface area (Å²) in [6, 6.07) is 6.22. The first-order valence-electron chi connectivity index (χ1n) is 7.09. The number of aromatic nitrogens is 5. The summed E-state index contributed by atoms with van der Waals surface area (Å²) in [7, 11) is 3.95. The number of nitrogens with zero attached hydrogens (tertiary/aromatic N) is 5. The monoisotopic (exact) mass is 292 g/mol.